The van der Waals surface area contributed by atoms with Crippen molar-refractivity contribution >= 4 is 39.1 Å². The minimum Gasteiger partial charge on any atom is -0.506 e. The Morgan fingerprint density at radius 1 is 1.26 bits per heavy atom. The van der Waals surface area contributed by atoms with Gasteiger partial charge in [-0.1, -0.05) is 27.0 Å². The molecule has 16 heteroatoms. The molecule has 1 spiro atoms. The molecule has 4 rings (SSSR count). The fraction of sp³-hybridized carbons (Fsp3) is 0.433. The predicted octanol–water partition coefficient (Wildman–Crippen LogP) is 5.04. The van der Waals surface area contributed by atoms with Crippen molar-refractivity contribution in [1.29, 1.82) is 0 Å². The first kappa shape index (κ1) is 36.1. The minimum atomic E-state index is -4.69. The fourth-order valence-electron chi connectivity index (χ4n) is 5.69. The standard InChI is InChI=1S/C28H31BrF3N7O5.C2H6/c1-4-33-23(16(2)40)25(44)38-12-6-11-27(15-38)10-5-7-19-22(27)24(43)39(36-26(29)37(3)35-19)14-21(42)34-18-9-8-17(13-20(18)41)28(30,31)32;1-2/h4,8-9,13,35,40-41H,1-2,5-7,10-12,14-15H2,3H3,(H,34,42);1-2H3. The average molecular weight is 713 g/mol. The van der Waals surface area contributed by atoms with E-state index in [9.17, 15) is 37.8 Å². The van der Waals surface area contributed by atoms with Gasteiger partial charge in [0, 0.05) is 43.0 Å². The summed E-state index contributed by atoms with van der Waals surface area (Å²) in [6.45, 7) is 10.7. The number of phenolic OH excluding ortho intramolecular Hbond substituents is 1. The number of alkyl halides is 3. The van der Waals surface area contributed by atoms with Gasteiger partial charge in [-0.25, -0.2) is 9.67 Å². The third kappa shape index (κ3) is 7.89. The van der Waals surface area contributed by atoms with Gasteiger partial charge in [-0.3, -0.25) is 19.1 Å². The van der Waals surface area contributed by atoms with Crippen LogP contribution in [-0.2, 0) is 41.2 Å². The molecule has 12 nitrogen and oxygen atoms in total. The summed E-state index contributed by atoms with van der Waals surface area (Å²) in [5.74, 6) is -2.71. The van der Waals surface area contributed by atoms with Gasteiger partial charge < -0.3 is 25.5 Å². The zero-order valence-electron chi connectivity index (χ0n) is 25.7. The quantitative estimate of drug-likeness (QED) is 0.187. The van der Waals surface area contributed by atoms with Crippen LogP contribution in [0, 0.1) is 0 Å². The van der Waals surface area contributed by atoms with Gasteiger partial charge in [-0.2, -0.15) is 13.2 Å². The number of aromatic amines is 1. The van der Waals surface area contributed by atoms with Crippen LogP contribution in [0.5, 0.6) is 5.75 Å². The monoisotopic (exact) mass is 711 g/mol. The van der Waals surface area contributed by atoms with E-state index in [-0.39, 0.29) is 22.7 Å². The van der Waals surface area contributed by atoms with E-state index in [0.717, 1.165) is 16.9 Å². The van der Waals surface area contributed by atoms with Gasteiger partial charge in [0.25, 0.3) is 11.5 Å². The number of benzene rings is 1. The second kappa shape index (κ2) is 14.8. The van der Waals surface area contributed by atoms with Gasteiger partial charge >= 0.3 is 6.18 Å². The van der Waals surface area contributed by atoms with Gasteiger partial charge in [0.2, 0.25) is 10.6 Å². The zero-order valence-corrected chi connectivity index (χ0v) is 27.3. The van der Waals surface area contributed by atoms with E-state index in [4.69, 9.17) is 0 Å². The first-order chi connectivity index (χ1) is 21.7. The summed E-state index contributed by atoms with van der Waals surface area (Å²) in [5.41, 5.74) is -2.14. The topological polar surface area (TPSA) is 158 Å². The fourth-order valence-corrected chi connectivity index (χ4v) is 5.97. The number of amides is 2. The maximum atomic E-state index is 14.2. The Labute approximate surface area is 271 Å². The number of piperidine rings is 1. The molecule has 250 valence electrons. The zero-order chi connectivity index (χ0) is 34.4. The van der Waals surface area contributed by atoms with E-state index in [0.29, 0.717) is 62.0 Å². The van der Waals surface area contributed by atoms with Crippen molar-refractivity contribution in [2.75, 3.05) is 18.4 Å². The summed E-state index contributed by atoms with van der Waals surface area (Å²) < 4.78 is 41.6. The van der Waals surface area contributed by atoms with E-state index in [1.165, 1.54) is 9.58 Å². The van der Waals surface area contributed by atoms with Crippen LogP contribution in [0.1, 0.15) is 56.4 Å². The number of aliphatic hydroxyl groups is 1. The molecule has 2 aromatic rings. The lowest BCUT2D eigenvalue weighted by atomic mass is 9.67. The number of aliphatic hydroxyl groups excluding tert-OH is 1. The van der Waals surface area contributed by atoms with Crippen molar-refractivity contribution in [2.45, 2.75) is 64.1 Å². The lowest BCUT2D eigenvalue weighted by molar-refractivity contribution is -0.137. The molecule has 1 aliphatic carbocycles. The van der Waals surface area contributed by atoms with Crippen LogP contribution in [0.2, 0.25) is 0 Å². The lowest BCUT2D eigenvalue weighted by Gasteiger charge is -2.45. The Morgan fingerprint density at radius 3 is 2.54 bits per heavy atom. The van der Waals surface area contributed by atoms with Crippen molar-refractivity contribution in [3.05, 3.63) is 75.2 Å². The minimum absolute atomic E-state index is 0.121. The predicted molar refractivity (Wildman–Crippen MR) is 170 cm³/mol. The molecule has 1 atom stereocenters. The van der Waals surface area contributed by atoms with E-state index >= 15 is 0 Å². The SMILES string of the molecule is C=CN=C(C(=C)O)C(=O)N1CCCC2(CCCc3[nH]n(C)c(Br)nn(CC(=O)Nc4ccc(C(F)(F)F)cc4O)c(=O)c32)C1.CC. The summed E-state index contributed by atoms with van der Waals surface area (Å²) in [4.78, 5) is 46.0. The number of phenols is 1. The second-order valence-electron chi connectivity index (χ2n) is 10.6. The van der Waals surface area contributed by atoms with Crippen LogP contribution in [0.15, 0.2) is 57.8 Å². The van der Waals surface area contributed by atoms with Crippen molar-refractivity contribution in [1.82, 2.24) is 24.5 Å². The van der Waals surface area contributed by atoms with E-state index in [1.807, 2.05) is 13.8 Å². The number of H-pyrrole nitrogens is 1. The summed E-state index contributed by atoms with van der Waals surface area (Å²) in [6, 6.07) is 2.11. The molecular formula is C30H37BrF3N7O5. The number of aromatic hydroxyl groups is 1. The number of rotatable bonds is 6. The molecular weight excluding hydrogens is 675 g/mol. The number of hydrogen-bond acceptors (Lipinski definition) is 7. The van der Waals surface area contributed by atoms with Gasteiger partial charge in [0.15, 0.2) is 5.71 Å². The summed E-state index contributed by atoms with van der Waals surface area (Å²) in [5, 5.41) is 29.8. The van der Waals surface area contributed by atoms with Crippen LogP contribution in [-0.4, -0.2) is 65.3 Å². The molecule has 0 saturated carbocycles. The van der Waals surface area contributed by atoms with E-state index in [2.05, 4.69) is 49.6 Å². The Kier molecular flexibility index (Phi) is 11.7. The van der Waals surface area contributed by atoms with Gasteiger partial charge in [-0.05, 0) is 66.2 Å². The van der Waals surface area contributed by atoms with Crippen LogP contribution in [0.4, 0.5) is 18.9 Å². The number of halogens is 4. The molecule has 1 unspecified atom stereocenters. The summed E-state index contributed by atoms with van der Waals surface area (Å²) >= 11 is 3.29. The highest BCUT2D eigenvalue weighted by atomic mass is 79.9. The molecule has 4 N–H and O–H groups in total. The maximum absolute atomic E-state index is 14.2. The number of aromatic nitrogens is 4. The molecule has 1 fully saturated rings. The average Bonchev–Trinajstić information content (AvgIpc) is 3.00. The van der Waals surface area contributed by atoms with Crippen molar-refractivity contribution in [3.8, 4) is 5.75 Å². The van der Waals surface area contributed by atoms with Crippen LogP contribution in [0.25, 0.3) is 0 Å². The number of likely N-dealkylation sites (tertiary alicyclic amines) is 1. The molecule has 46 heavy (non-hydrogen) atoms. The molecule has 1 aromatic heterocycles. The number of carbonyl (C=O) groups is 2. The molecule has 1 aromatic carbocycles. The van der Waals surface area contributed by atoms with Crippen LogP contribution < -0.4 is 10.9 Å². The number of carbonyl (C=O) groups excluding carboxylic acids is 2. The first-order valence-corrected chi connectivity index (χ1v) is 15.3. The number of hydrogen-bond donors (Lipinski definition) is 4. The normalized spacial score (nSPS) is 17.7. The smallest absolute Gasteiger partial charge is 0.416 e. The highest BCUT2D eigenvalue weighted by molar-refractivity contribution is 9.10. The lowest BCUT2D eigenvalue weighted by Crippen LogP contribution is -2.54. The number of anilines is 1. The second-order valence-corrected chi connectivity index (χ2v) is 11.3. The number of fused-ring (bicyclic) bond motifs is 2. The molecule has 2 heterocycles. The maximum Gasteiger partial charge on any atom is 0.416 e. The molecule has 1 saturated heterocycles. The number of nitrogens with zero attached hydrogens (tertiary/aromatic N) is 5. The highest BCUT2D eigenvalue weighted by Gasteiger charge is 2.44. The van der Waals surface area contributed by atoms with Gasteiger partial charge in [0.05, 0.1) is 11.3 Å². The number of aryl methyl sites for hydroxylation is 2. The number of nitrogens with one attached hydrogen (secondary N) is 2. The Bertz CT molecular complexity index is 1660. The van der Waals surface area contributed by atoms with Crippen molar-refractivity contribution < 1.29 is 33.0 Å². The highest BCUT2D eigenvalue weighted by Crippen LogP contribution is 2.41. The third-order valence-corrected chi connectivity index (χ3v) is 8.29. The van der Waals surface area contributed by atoms with Gasteiger partial charge in [0.1, 0.15) is 18.1 Å². The molecule has 1 aliphatic heterocycles. The van der Waals surface area contributed by atoms with E-state index < -0.39 is 52.6 Å². The van der Waals surface area contributed by atoms with Crippen LogP contribution >= 0.6 is 15.9 Å². The van der Waals surface area contributed by atoms with E-state index in [1.54, 1.807) is 7.05 Å². The Balaban J connectivity index is 0.00000282. The Morgan fingerprint density at radius 2 is 1.93 bits per heavy atom. The summed E-state index contributed by atoms with van der Waals surface area (Å²) in [6.07, 6.45) is -0.751. The third-order valence-electron chi connectivity index (χ3n) is 7.60. The van der Waals surface area contributed by atoms with Crippen molar-refractivity contribution in [2.24, 2.45) is 12.0 Å². The molecule has 0 bridgehead atoms. The summed E-state index contributed by atoms with van der Waals surface area (Å²) in [7, 11) is 1.65. The van der Waals surface area contributed by atoms with Crippen LogP contribution in [0.3, 0.4) is 0 Å². The molecule has 2 aliphatic rings. The molecule has 0 radical (unpaired) electrons. The Hall–Kier alpha value is -4.34. The molecule has 2 amide bonds. The van der Waals surface area contributed by atoms with Gasteiger partial charge in [-0.15, -0.1) is 5.10 Å². The largest absolute Gasteiger partial charge is 0.506 e. The number of aliphatic imine (C=N–C) groups is 1. The van der Waals surface area contributed by atoms with Crippen molar-refractivity contribution in [3.63, 3.8) is 0 Å². The first-order valence-electron chi connectivity index (χ1n) is 14.5.